The van der Waals surface area contributed by atoms with E-state index in [0.717, 1.165) is 17.7 Å². The van der Waals surface area contributed by atoms with Gasteiger partial charge < -0.3 is 9.67 Å². The van der Waals surface area contributed by atoms with Crippen molar-refractivity contribution in [3.8, 4) is 0 Å². The molecule has 1 aromatic carbocycles. The predicted octanol–water partition coefficient (Wildman–Crippen LogP) is 2.99. The van der Waals surface area contributed by atoms with E-state index < -0.39 is 11.9 Å². The summed E-state index contributed by atoms with van der Waals surface area (Å²) in [4.78, 5) is 24.0. The van der Waals surface area contributed by atoms with E-state index in [1.165, 1.54) is 0 Å². The maximum atomic E-state index is 12.6. The molecule has 0 saturated carbocycles. The number of carbonyl (C=O) groups is 2. The van der Waals surface area contributed by atoms with Crippen LogP contribution in [-0.4, -0.2) is 21.4 Å². The monoisotopic (exact) mass is 283 g/mol. The second-order valence-electron chi connectivity index (χ2n) is 5.53. The molecule has 1 N–H and O–H groups in total. The zero-order valence-electron chi connectivity index (χ0n) is 11.9. The zero-order chi connectivity index (χ0) is 15.0. The van der Waals surface area contributed by atoms with E-state index in [2.05, 4.69) is 0 Å². The van der Waals surface area contributed by atoms with Gasteiger partial charge in [-0.15, -0.1) is 0 Å². The third-order valence-electron chi connectivity index (χ3n) is 4.06. The largest absolute Gasteiger partial charge is 0.481 e. The number of carboxylic acids is 1. The smallest absolute Gasteiger partial charge is 0.312 e. The minimum Gasteiger partial charge on any atom is -0.481 e. The number of aromatic nitrogens is 1. The van der Waals surface area contributed by atoms with Crippen LogP contribution in [0.1, 0.15) is 46.1 Å². The summed E-state index contributed by atoms with van der Waals surface area (Å²) in [5, 5.41) is 9.29. The first-order valence-electron chi connectivity index (χ1n) is 7.11. The lowest BCUT2D eigenvalue weighted by Crippen LogP contribution is -2.23. The highest BCUT2D eigenvalue weighted by Crippen LogP contribution is 2.30. The summed E-state index contributed by atoms with van der Waals surface area (Å²) < 4.78 is 1.87. The molecular formula is C17H17NO3. The fourth-order valence-corrected chi connectivity index (χ4v) is 3.02. The first kappa shape index (κ1) is 13.6. The van der Waals surface area contributed by atoms with Crippen molar-refractivity contribution >= 4 is 11.8 Å². The van der Waals surface area contributed by atoms with Gasteiger partial charge in [0, 0.05) is 17.8 Å². The molecule has 1 aliphatic rings. The number of hydrogen-bond acceptors (Lipinski definition) is 2. The quantitative estimate of drug-likeness (QED) is 0.881. The molecule has 0 saturated heterocycles. The Hall–Kier alpha value is -2.36. The molecule has 0 amide bonds. The minimum absolute atomic E-state index is 0.0454. The number of aliphatic carboxylic acids is 1. The molecule has 0 aliphatic carbocycles. The normalized spacial score (nSPS) is 17.3. The molecule has 2 heterocycles. The highest BCUT2D eigenvalue weighted by Gasteiger charge is 2.29. The molecule has 1 aromatic heterocycles. The van der Waals surface area contributed by atoms with Crippen LogP contribution in [0.3, 0.4) is 0 Å². The van der Waals surface area contributed by atoms with Crippen molar-refractivity contribution in [2.75, 3.05) is 0 Å². The van der Waals surface area contributed by atoms with Gasteiger partial charge in [0.15, 0.2) is 0 Å². The Labute approximate surface area is 123 Å². The zero-order valence-corrected chi connectivity index (χ0v) is 11.9. The molecule has 1 atom stereocenters. The van der Waals surface area contributed by atoms with Gasteiger partial charge in [0.05, 0.1) is 11.6 Å². The molecule has 0 bridgehead atoms. The van der Waals surface area contributed by atoms with Crippen molar-refractivity contribution in [3.63, 3.8) is 0 Å². The van der Waals surface area contributed by atoms with Crippen LogP contribution < -0.4 is 0 Å². The van der Waals surface area contributed by atoms with Gasteiger partial charge in [-0.1, -0.05) is 23.8 Å². The summed E-state index contributed by atoms with van der Waals surface area (Å²) in [6, 6.07) is 11.0. The van der Waals surface area contributed by atoms with Crippen molar-refractivity contribution in [1.82, 2.24) is 4.57 Å². The molecule has 2 aromatic rings. The molecule has 1 aliphatic heterocycles. The van der Waals surface area contributed by atoms with E-state index in [0.29, 0.717) is 24.2 Å². The third-order valence-corrected chi connectivity index (χ3v) is 4.06. The lowest BCUT2D eigenvalue weighted by molar-refractivity contribution is -0.139. The molecule has 4 nitrogen and oxygen atoms in total. The average molecular weight is 283 g/mol. The van der Waals surface area contributed by atoms with Crippen molar-refractivity contribution in [1.29, 1.82) is 0 Å². The number of fused-ring (bicyclic) bond motifs is 1. The van der Waals surface area contributed by atoms with E-state index in [1.54, 1.807) is 18.2 Å². The molecular weight excluding hydrogens is 266 g/mol. The number of ketones is 1. The van der Waals surface area contributed by atoms with Crippen molar-refractivity contribution in [2.24, 2.45) is 0 Å². The Bertz CT molecular complexity index is 715. The van der Waals surface area contributed by atoms with E-state index in [9.17, 15) is 14.7 Å². The Morgan fingerprint density at radius 3 is 2.76 bits per heavy atom. The first-order valence-corrected chi connectivity index (χ1v) is 7.11. The van der Waals surface area contributed by atoms with Crippen LogP contribution in [0.5, 0.6) is 0 Å². The summed E-state index contributed by atoms with van der Waals surface area (Å²) >= 11 is 0. The van der Waals surface area contributed by atoms with Gasteiger partial charge >= 0.3 is 5.97 Å². The van der Waals surface area contributed by atoms with Crippen molar-refractivity contribution in [3.05, 3.63) is 58.9 Å². The Morgan fingerprint density at radius 2 is 2.05 bits per heavy atom. The fourth-order valence-electron chi connectivity index (χ4n) is 3.02. The number of benzene rings is 1. The molecule has 0 spiro atoms. The Balaban J connectivity index is 2.01. The standard InChI is InChI=1S/C17H17NO3/c1-11-4-2-5-12(10-11)16(19)15-8-7-14-13(17(20)21)6-3-9-18(14)15/h2,4-5,7-8,10,13H,3,6,9H2,1H3,(H,20,21). The van der Waals surface area contributed by atoms with Crippen molar-refractivity contribution in [2.45, 2.75) is 32.2 Å². The van der Waals surface area contributed by atoms with Crippen LogP contribution >= 0.6 is 0 Å². The van der Waals surface area contributed by atoms with Crippen LogP contribution in [0.2, 0.25) is 0 Å². The summed E-state index contributed by atoms with van der Waals surface area (Å²) in [6.45, 7) is 2.66. The molecule has 108 valence electrons. The highest BCUT2D eigenvalue weighted by molar-refractivity contribution is 6.08. The summed E-state index contributed by atoms with van der Waals surface area (Å²) in [5.74, 6) is -1.36. The molecule has 0 radical (unpaired) electrons. The van der Waals surface area contributed by atoms with Crippen molar-refractivity contribution < 1.29 is 14.7 Å². The van der Waals surface area contributed by atoms with Gasteiger partial charge in [-0.05, 0) is 38.0 Å². The number of nitrogens with zero attached hydrogens (tertiary/aromatic N) is 1. The first-order chi connectivity index (χ1) is 10.1. The number of carbonyl (C=O) groups excluding carboxylic acids is 1. The van der Waals surface area contributed by atoms with E-state index in [-0.39, 0.29) is 5.78 Å². The third kappa shape index (κ3) is 2.37. The van der Waals surface area contributed by atoms with Gasteiger partial charge in [-0.3, -0.25) is 9.59 Å². The van der Waals surface area contributed by atoms with Crippen LogP contribution in [0, 0.1) is 6.92 Å². The number of aryl methyl sites for hydroxylation is 1. The molecule has 21 heavy (non-hydrogen) atoms. The van der Waals surface area contributed by atoms with Gasteiger partial charge in [0.2, 0.25) is 5.78 Å². The lowest BCUT2D eigenvalue weighted by atomic mass is 9.96. The van der Waals surface area contributed by atoms with E-state index in [4.69, 9.17) is 0 Å². The minimum atomic E-state index is -0.816. The summed E-state index contributed by atoms with van der Waals surface area (Å²) in [5.41, 5.74) is 3.01. The number of hydrogen-bond donors (Lipinski definition) is 1. The second kappa shape index (κ2) is 5.20. The molecule has 3 rings (SSSR count). The van der Waals surface area contributed by atoms with Gasteiger partial charge in [0.25, 0.3) is 0 Å². The topological polar surface area (TPSA) is 59.3 Å². The average Bonchev–Trinajstić information content (AvgIpc) is 2.90. The lowest BCUT2D eigenvalue weighted by Gasteiger charge is -2.23. The van der Waals surface area contributed by atoms with Crippen LogP contribution in [0.25, 0.3) is 0 Å². The van der Waals surface area contributed by atoms with Crippen LogP contribution in [0.4, 0.5) is 0 Å². The second-order valence-corrected chi connectivity index (χ2v) is 5.53. The van der Waals surface area contributed by atoms with E-state index >= 15 is 0 Å². The van der Waals surface area contributed by atoms with Crippen LogP contribution in [-0.2, 0) is 11.3 Å². The van der Waals surface area contributed by atoms with Gasteiger partial charge in [-0.2, -0.15) is 0 Å². The fraction of sp³-hybridized carbons (Fsp3) is 0.294. The summed E-state index contributed by atoms with van der Waals surface area (Å²) in [7, 11) is 0. The SMILES string of the molecule is Cc1cccc(C(=O)c2ccc3n2CCCC3C(=O)O)c1. The maximum Gasteiger partial charge on any atom is 0.312 e. The predicted molar refractivity (Wildman–Crippen MR) is 78.7 cm³/mol. The maximum absolute atomic E-state index is 12.6. The Morgan fingerprint density at radius 1 is 1.24 bits per heavy atom. The molecule has 0 fully saturated rings. The Kier molecular flexibility index (Phi) is 3.37. The highest BCUT2D eigenvalue weighted by atomic mass is 16.4. The summed E-state index contributed by atoms with van der Waals surface area (Å²) in [6.07, 6.45) is 1.42. The molecule has 1 unspecified atom stereocenters. The van der Waals surface area contributed by atoms with Crippen LogP contribution in [0.15, 0.2) is 36.4 Å². The molecule has 4 heteroatoms. The number of rotatable bonds is 3. The van der Waals surface area contributed by atoms with Gasteiger partial charge in [0.1, 0.15) is 0 Å². The van der Waals surface area contributed by atoms with E-state index in [1.807, 2.05) is 29.7 Å². The van der Waals surface area contributed by atoms with Gasteiger partial charge in [-0.25, -0.2) is 0 Å². The number of carboxylic acid groups (broad SMARTS) is 1.